The van der Waals surface area contributed by atoms with Gasteiger partial charge < -0.3 is 14.2 Å². The number of esters is 1. The van der Waals surface area contributed by atoms with Crippen LogP contribution in [-0.4, -0.2) is 37.9 Å². The molecule has 0 aromatic carbocycles. The van der Waals surface area contributed by atoms with Gasteiger partial charge in [0.25, 0.3) is 0 Å². The summed E-state index contributed by atoms with van der Waals surface area (Å²) in [5.74, 6) is -0.594. The van der Waals surface area contributed by atoms with Gasteiger partial charge in [-0.2, -0.15) is 0 Å². The van der Waals surface area contributed by atoms with Gasteiger partial charge in [-0.05, 0) is 6.92 Å². The van der Waals surface area contributed by atoms with Crippen molar-refractivity contribution in [1.29, 1.82) is 0 Å². The molecule has 0 aromatic heterocycles. The number of carbonyl (C=O) groups excluding carboxylic acids is 2. The molecule has 1 saturated heterocycles. The molecule has 1 fully saturated rings. The van der Waals surface area contributed by atoms with Crippen LogP contribution in [-0.2, 0) is 23.8 Å². The molecular weight excluding hydrogens is 205 g/mol. The van der Waals surface area contributed by atoms with Gasteiger partial charge in [-0.3, -0.25) is 9.59 Å². The highest BCUT2D eigenvalue weighted by molar-refractivity contribution is 5.95. The maximum Gasteiger partial charge on any atom is 0.313 e. The van der Waals surface area contributed by atoms with E-state index < -0.39 is 5.97 Å². The zero-order valence-electron chi connectivity index (χ0n) is 8.86. The Labute approximate surface area is 88.7 Å². The third-order valence-corrected chi connectivity index (χ3v) is 2.00. The molecule has 86 valence electrons. The van der Waals surface area contributed by atoms with Crippen molar-refractivity contribution in [1.82, 2.24) is 0 Å². The third-order valence-electron chi connectivity index (χ3n) is 2.00. The van der Waals surface area contributed by atoms with Gasteiger partial charge in [-0.1, -0.05) is 0 Å². The van der Waals surface area contributed by atoms with E-state index >= 15 is 0 Å². The molecule has 0 bridgehead atoms. The van der Waals surface area contributed by atoms with Crippen LogP contribution in [0.1, 0.15) is 26.2 Å². The van der Waals surface area contributed by atoms with E-state index in [0.717, 1.165) is 0 Å². The van der Waals surface area contributed by atoms with Gasteiger partial charge in [-0.15, -0.1) is 0 Å². The average molecular weight is 221 g/mol. The summed E-state index contributed by atoms with van der Waals surface area (Å²) in [4.78, 5) is 22.2. The third kappa shape index (κ3) is 4.90. The fraction of sp³-hybridized carbons (Fsp3) is 0.800. The molecule has 0 N–H and O–H groups in total. The summed E-state index contributed by atoms with van der Waals surface area (Å²) in [6.45, 7) is 3.18. The smallest absolute Gasteiger partial charge is 0.313 e. The van der Waals surface area contributed by atoms with Crippen LogP contribution < -0.4 is 0 Å². The van der Waals surface area contributed by atoms with Crippen LogP contribution in [0.15, 0.2) is 0 Å². The first kappa shape index (κ1) is 12.1. The van der Waals surface area contributed by atoms with E-state index in [1.165, 1.54) is 0 Å². The largest absolute Gasteiger partial charge is 0.466 e. The average Bonchev–Trinajstić information content (AvgIpc) is 2.67. The fourth-order valence-corrected chi connectivity index (χ4v) is 1.31. The summed E-state index contributed by atoms with van der Waals surface area (Å²) >= 11 is 0. The van der Waals surface area contributed by atoms with Crippen molar-refractivity contribution in [3.63, 3.8) is 0 Å². The predicted molar refractivity (Wildman–Crippen MR) is 51.2 cm³/mol. The van der Waals surface area contributed by atoms with Crippen molar-refractivity contribution >= 4 is 11.8 Å². The van der Waals surface area contributed by atoms with Crippen LogP contribution in [0, 0.1) is 0 Å². The van der Waals surface area contributed by atoms with Crippen molar-refractivity contribution in [3.8, 4) is 0 Å². The first-order chi connectivity index (χ1) is 7.22. The maximum atomic E-state index is 11.3. The Bertz CT molecular complexity index is 220. The van der Waals surface area contributed by atoms with E-state index in [0.29, 0.717) is 32.7 Å². The minimum absolute atomic E-state index is 0.132. The highest BCUT2D eigenvalue weighted by Gasteiger charge is 2.18. The van der Waals surface area contributed by atoms with E-state index in [1.807, 2.05) is 0 Å². The normalized spacial score (nSPS) is 16.6. The summed E-state index contributed by atoms with van der Waals surface area (Å²) in [7, 11) is 0. The molecule has 5 heteroatoms. The van der Waals surface area contributed by atoms with Crippen molar-refractivity contribution < 1.29 is 23.8 Å². The summed E-state index contributed by atoms with van der Waals surface area (Å²) < 4.78 is 15.0. The Morgan fingerprint density at radius 2 is 2.00 bits per heavy atom. The number of rotatable bonds is 6. The Balaban J connectivity index is 2.09. The molecule has 15 heavy (non-hydrogen) atoms. The molecule has 1 aliphatic heterocycles. The number of hydrogen-bond acceptors (Lipinski definition) is 5. The van der Waals surface area contributed by atoms with Crippen LogP contribution in [0.5, 0.6) is 0 Å². The predicted octanol–water partition coefficient (Wildman–Crippen LogP) is 0.662. The van der Waals surface area contributed by atoms with Crippen molar-refractivity contribution in [3.05, 3.63) is 0 Å². The van der Waals surface area contributed by atoms with E-state index in [2.05, 4.69) is 4.74 Å². The second-order valence-corrected chi connectivity index (χ2v) is 3.23. The molecule has 0 amide bonds. The van der Waals surface area contributed by atoms with Crippen LogP contribution >= 0.6 is 0 Å². The fourth-order valence-electron chi connectivity index (χ4n) is 1.31. The summed E-state index contributed by atoms with van der Waals surface area (Å²) in [6, 6.07) is 0. The molecule has 1 heterocycles. The van der Waals surface area contributed by atoms with E-state index in [-0.39, 0.29) is 18.5 Å². The molecule has 1 aliphatic rings. The van der Waals surface area contributed by atoms with Crippen molar-refractivity contribution in [2.45, 2.75) is 32.5 Å². The number of Topliss-reactive ketones (excluding diaryl/α,β-unsaturated/α-hetero) is 1. The van der Waals surface area contributed by atoms with Gasteiger partial charge in [0, 0.05) is 12.8 Å². The SMILES string of the molecule is CCOC(=O)[13CH2][13C](=O)[13CH2][13CH2][13CH]1OCCO1. The van der Waals surface area contributed by atoms with E-state index in [4.69, 9.17) is 9.47 Å². The molecular formula is C10H16O5. The maximum absolute atomic E-state index is 11.3. The Hall–Kier alpha value is -0.940. The van der Waals surface area contributed by atoms with Crippen LogP contribution in [0.2, 0.25) is 0 Å². The zero-order valence-corrected chi connectivity index (χ0v) is 8.86. The lowest BCUT2D eigenvalue weighted by molar-refractivity contribution is -0.145. The van der Waals surface area contributed by atoms with Gasteiger partial charge in [0.15, 0.2) is 6.29 Å². The first-order valence-electron chi connectivity index (χ1n) is 5.13. The molecule has 0 aliphatic carbocycles. The minimum atomic E-state index is -0.462. The zero-order chi connectivity index (χ0) is 11.1. The van der Waals surface area contributed by atoms with Crippen LogP contribution in [0.3, 0.4) is 0 Å². The Morgan fingerprint density at radius 3 is 2.60 bits per heavy atom. The topological polar surface area (TPSA) is 61.8 Å². The standard InChI is InChI=1S/C10H16O5/c1-2-13-9(12)7-8(11)3-4-10-14-5-6-15-10/h10H,2-7H2,1H3/i3+1,4+1,7+1,8+1,10+1. The Morgan fingerprint density at radius 1 is 1.33 bits per heavy atom. The molecule has 0 spiro atoms. The van der Waals surface area contributed by atoms with Crippen LogP contribution in [0.25, 0.3) is 0 Å². The molecule has 1 rings (SSSR count). The highest BCUT2D eigenvalue weighted by atomic mass is 16.8. The lowest BCUT2D eigenvalue weighted by Crippen LogP contribution is -2.14. The molecule has 0 radical (unpaired) electrons. The lowest BCUT2D eigenvalue weighted by atomic mass is 10.8. The van der Waals surface area contributed by atoms with Gasteiger partial charge >= 0.3 is 5.97 Å². The van der Waals surface area contributed by atoms with Crippen molar-refractivity contribution in [2.75, 3.05) is 19.8 Å². The second kappa shape index (κ2) is 6.53. The van der Waals surface area contributed by atoms with E-state index in [1.54, 1.807) is 6.92 Å². The number of carbonyl (C=O) groups is 2. The summed E-state index contributed by atoms with van der Waals surface area (Å²) in [5.41, 5.74) is 0. The molecule has 0 atom stereocenters. The van der Waals surface area contributed by atoms with Gasteiger partial charge in [-0.25, -0.2) is 0 Å². The monoisotopic (exact) mass is 221 g/mol. The summed E-state index contributed by atoms with van der Waals surface area (Å²) in [5, 5.41) is 0. The van der Waals surface area contributed by atoms with Crippen LogP contribution in [0.4, 0.5) is 0 Å². The quantitative estimate of drug-likeness (QED) is 0.374. The van der Waals surface area contributed by atoms with Gasteiger partial charge in [0.05, 0.1) is 19.8 Å². The Kier molecular flexibility index (Phi) is 5.28. The highest BCUT2D eigenvalue weighted by Crippen LogP contribution is 2.11. The molecule has 5 nitrogen and oxygen atoms in total. The minimum Gasteiger partial charge on any atom is -0.466 e. The number of ketones is 1. The first-order valence-corrected chi connectivity index (χ1v) is 5.13. The molecule has 0 saturated carbocycles. The van der Waals surface area contributed by atoms with Gasteiger partial charge in [0.1, 0.15) is 12.2 Å². The molecule has 0 unspecified atom stereocenters. The van der Waals surface area contributed by atoms with Crippen molar-refractivity contribution in [2.24, 2.45) is 0 Å². The van der Waals surface area contributed by atoms with E-state index in [9.17, 15) is 9.59 Å². The second-order valence-electron chi connectivity index (χ2n) is 3.23. The van der Waals surface area contributed by atoms with Gasteiger partial charge in [0.2, 0.25) is 0 Å². The number of ether oxygens (including phenoxy) is 3. The molecule has 0 aromatic rings. The summed E-state index contributed by atoms with van der Waals surface area (Å²) in [6.07, 6.45) is 0.374. The lowest BCUT2D eigenvalue weighted by Gasteiger charge is -2.07. The number of hydrogen-bond donors (Lipinski definition) is 0.